The number of piperidine rings is 1. The van der Waals surface area contributed by atoms with E-state index in [0.29, 0.717) is 0 Å². The molecule has 1 saturated heterocycles. The van der Waals surface area contributed by atoms with E-state index in [1.807, 2.05) is 60.5 Å². The monoisotopic (exact) mass is 359 g/mol. The summed E-state index contributed by atoms with van der Waals surface area (Å²) in [5, 5.41) is 0. The van der Waals surface area contributed by atoms with E-state index in [0.717, 1.165) is 54.1 Å². The van der Waals surface area contributed by atoms with E-state index >= 15 is 0 Å². The van der Waals surface area contributed by atoms with Crippen molar-refractivity contribution < 1.29 is 4.79 Å². The summed E-state index contributed by atoms with van der Waals surface area (Å²) in [5.74, 6) is 1.12. The van der Waals surface area contributed by atoms with Gasteiger partial charge in [-0.25, -0.2) is 4.98 Å². The number of aryl methyl sites for hydroxylation is 2. The van der Waals surface area contributed by atoms with Crippen molar-refractivity contribution in [2.75, 3.05) is 13.1 Å². The van der Waals surface area contributed by atoms with Crippen molar-refractivity contribution in [1.82, 2.24) is 14.5 Å². The lowest BCUT2D eigenvalue weighted by Crippen LogP contribution is -2.41. The molecule has 0 radical (unpaired) electrons. The van der Waals surface area contributed by atoms with Gasteiger partial charge in [-0.2, -0.15) is 0 Å². The molecule has 3 aromatic rings. The molecule has 1 fully saturated rings. The Bertz CT molecular complexity index is 945. The standard InChI is InChI=1S/C23H25N3O/c1-17-8-6-11-20(14-17)23(27)25-13-7-12-21(16-25)26-18(2)15-24-22(26)19-9-4-3-5-10-19/h3-6,8-11,14-15,21H,7,12-13,16H2,1-2H3. The first-order valence-electron chi connectivity index (χ1n) is 9.58. The highest BCUT2D eigenvalue weighted by Gasteiger charge is 2.28. The molecule has 27 heavy (non-hydrogen) atoms. The van der Waals surface area contributed by atoms with Crippen molar-refractivity contribution in [3.63, 3.8) is 0 Å². The lowest BCUT2D eigenvalue weighted by Gasteiger charge is -2.35. The smallest absolute Gasteiger partial charge is 0.253 e. The van der Waals surface area contributed by atoms with Crippen LogP contribution in [0, 0.1) is 13.8 Å². The molecule has 1 aliphatic rings. The molecule has 0 aliphatic carbocycles. The van der Waals surface area contributed by atoms with Gasteiger partial charge in [0.05, 0.1) is 6.04 Å². The Labute approximate surface area is 160 Å². The van der Waals surface area contributed by atoms with Gasteiger partial charge in [0.2, 0.25) is 0 Å². The maximum atomic E-state index is 13.0. The number of aromatic nitrogens is 2. The quantitative estimate of drug-likeness (QED) is 0.683. The van der Waals surface area contributed by atoms with E-state index in [-0.39, 0.29) is 11.9 Å². The molecule has 0 saturated carbocycles. The van der Waals surface area contributed by atoms with Crippen LogP contribution < -0.4 is 0 Å². The van der Waals surface area contributed by atoms with Gasteiger partial charge in [0.15, 0.2) is 0 Å². The lowest BCUT2D eigenvalue weighted by atomic mass is 10.0. The third-order valence-corrected chi connectivity index (χ3v) is 5.33. The summed E-state index contributed by atoms with van der Waals surface area (Å²) in [5.41, 5.74) is 4.16. The zero-order valence-electron chi connectivity index (χ0n) is 15.9. The molecule has 0 bridgehead atoms. The van der Waals surface area contributed by atoms with Gasteiger partial charge in [0.1, 0.15) is 5.82 Å². The molecule has 4 heteroatoms. The van der Waals surface area contributed by atoms with Crippen LogP contribution >= 0.6 is 0 Å². The minimum absolute atomic E-state index is 0.127. The Morgan fingerprint density at radius 3 is 2.67 bits per heavy atom. The number of benzene rings is 2. The van der Waals surface area contributed by atoms with E-state index in [1.165, 1.54) is 0 Å². The SMILES string of the molecule is Cc1cccc(C(=O)N2CCCC(n3c(C)cnc3-c3ccccc3)C2)c1. The molecule has 138 valence electrons. The first kappa shape index (κ1) is 17.5. The molecule has 1 unspecified atom stereocenters. The number of imidazole rings is 1. The van der Waals surface area contributed by atoms with E-state index in [2.05, 4.69) is 28.6 Å². The molecule has 0 spiro atoms. The fourth-order valence-electron chi connectivity index (χ4n) is 4.02. The van der Waals surface area contributed by atoms with Crippen LogP contribution in [0.25, 0.3) is 11.4 Å². The molecule has 1 aromatic heterocycles. The number of amides is 1. The van der Waals surface area contributed by atoms with Gasteiger partial charge >= 0.3 is 0 Å². The van der Waals surface area contributed by atoms with Crippen molar-refractivity contribution in [3.05, 3.63) is 77.6 Å². The molecule has 4 nitrogen and oxygen atoms in total. The number of rotatable bonds is 3. The molecule has 4 rings (SSSR count). The predicted molar refractivity (Wildman–Crippen MR) is 108 cm³/mol. The average molecular weight is 359 g/mol. The van der Waals surface area contributed by atoms with E-state index in [9.17, 15) is 4.79 Å². The Morgan fingerprint density at radius 2 is 1.89 bits per heavy atom. The summed E-state index contributed by atoms with van der Waals surface area (Å²) >= 11 is 0. The summed E-state index contributed by atoms with van der Waals surface area (Å²) in [7, 11) is 0. The number of carbonyl (C=O) groups is 1. The van der Waals surface area contributed by atoms with Crippen LogP contribution in [-0.4, -0.2) is 33.4 Å². The van der Waals surface area contributed by atoms with Crippen LogP contribution in [0.3, 0.4) is 0 Å². The molecule has 1 amide bonds. The topological polar surface area (TPSA) is 38.1 Å². The maximum absolute atomic E-state index is 13.0. The van der Waals surface area contributed by atoms with Crippen LogP contribution in [-0.2, 0) is 0 Å². The largest absolute Gasteiger partial charge is 0.337 e. The van der Waals surface area contributed by atoms with Gasteiger partial charge < -0.3 is 9.47 Å². The second-order valence-electron chi connectivity index (χ2n) is 7.38. The fourth-order valence-corrected chi connectivity index (χ4v) is 4.02. The van der Waals surface area contributed by atoms with Gasteiger partial charge in [0, 0.05) is 36.1 Å². The zero-order chi connectivity index (χ0) is 18.8. The molecular weight excluding hydrogens is 334 g/mol. The van der Waals surface area contributed by atoms with E-state index in [1.54, 1.807) is 0 Å². The Balaban J connectivity index is 1.61. The first-order valence-corrected chi connectivity index (χ1v) is 9.58. The highest BCUT2D eigenvalue weighted by molar-refractivity contribution is 5.94. The second-order valence-corrected chi connectivity index (χ2v) is 7.38. The number of hydrogen-bond donors (Lipinski definition) is 0. The molecule has 1 aliphatic heterocycles. The average Bonchev–Trinajstić information content (AvgIpc) is 3.09. The van der Waals surface area contributed by atoms with Crippen molar-refractivity contribution >= 4 is 5.91 Å². The molecule has 0 N–H and O–H groups in total. The number of carbonyl (C=O) groups excluding carboxylic acids is 1. The summed E-state index contributed by atoms with van der Waals surface area (Å²) < 4.78 is 2.31. The van der Waals surface area contributed by atoms with Crippen LogP contribution in [0.15, 0.2) is 60.8 Å². The molecule has 2 aromatic carbocycles. The first-order chi connectivity index (χ1) is 13.1. The summed E-state index contributed by atoms with van der Waals surface area (Å²) in [6, 6.07) is 18.4. The number of likely N-dealkylation sites (tertiary alicyclic amines) is 1. The minimum Gasteiger partial charge on any atom is -0.337 e. The van der Waals surface area contributed by atoms with Crippen molar-refractivity contribution in [1.29, 1.82) is 0 Å². The highest BCUT2D eigenvalue weighted by atomic mass is 16.2. The normalized spacial score (nSPS) is 17.1. The van der Waals surface area contributed by atoms with Gasteiger partial charge in [-0.1, -0.05) is 48.0 Å². The summed E-state index contributed by atoms with van der Waals surface area (Å²) in [6.45, 7) is 5.67. The van der Waals surface area contributed by atoms with Crippen LogP contribution in [0.4, 0.5) is 0 Å². The van der Waals surface area contributed by atoms with Crippen LogP contribution in [0.2, 0.25) is 0 Å². The van der Waals surface area contributed by atoms with Gasteiger partial charge in [-0.05, 0) is 38.8 Å². The van der Waals surface area contributed by atoms with Crippen LogP contribution in [0.5, 0.6) is 0 Å². The van der Waals surface area contributed by atoms with Gasteiger partial charge in [-0.3, -0.25) is 4.79 Å². The van der Waals surface area contributed by atoms with E-state index < -0.39 is 0 Å². The zero-order valence-corrected chi connectivity index (χ0v) is 15.9. The second kappa shape index (κ2) is 7.39. The number of nitrogens with zero attached hydrogens (tertiary/aromatic N) is 3. The Kier molecular flexibility index (Phi) is 4.80. The lowest BCUT2D eigenvalue weighted by molar-refractivity contribution is 0.0679. The summed E-state index contributed by atoms with van der Waals surface area (Å²) in [4.78, 5) is 19.7. The highest BCUT2D eigenvalue weighted by Crippen LogP contribution is 2.30. The number of hydrogen-bond acceptors (Lipinski definition) is 2. The fraction of sp³-hybridized carbons (Fsp3) is 0.304. The predicted octanol–water partition coefficient (Wildman–Crippen LogP) is 4.64. The van der Waals surface area contributed by atoms with Crippen LogP contribution in [0.1, 0.15) is 40.5 Å². The van der Waals surface area contributed by atoms with Gasteiger partial charge in [0.25, 0.3) is 5.91 Å². The summed E-state index contributed by atoms with van der Waals surface area (Å²) in [6.07, 6.45) is 4.01. The van der Waals surface area contributed by atoms with Crippen molar-refractivity contribution in [2.45, 2.75) is 32.7 Å². The maximum Gasteiger partial charge on any atom is 0.253 e. The molecule has 1 atom stereocenters. The third kappa shape index (κ3) is 3.52. The Hall–Kier alpha value is -2.88. The minimum atomic E-state index is 0.127. The van der Waals surface area contributed by atoms with E-state index in [4.69, 9.17) is 0 Å². The Morgan fingerprint density at radius 1 is 1.07 bits per heavy atom. The third-order valence-electron chi connectivity index (χ3n) is 5.33. The molecule has 2 heterocycles. The van der Waals surface area contributed by atoms with Crippen molar-refractivity contribution in [2.24, 2.45) is 0 Å². The van der Waals surface area contributed by atoms with Crippen molar-refractivity contribution in [3.8, 4) is 11.4 Å². The van der Waals surface area contributed by atoms with Gasteiger partial charge in [-0.15, -0.1) is 0 Å². The molecular formula is C23H25N3O.